The maximum Gasteiger partial charge on any atom is 0.234 e. The molecule has 3 aromatic carbocycles. The molecule has 32 heavy (non-hydrogen) atoms. The lowest BCUT2D eigenvalue weighted by molar-refractivity contribution is -0.113. The number of thiazole rings is 2. The van der Waals surface area contributed by atoms with E-state index in [0.717, 1.165) is 20.1 Å². The number of amides is 1. The van der Waals surface area contributed by atoms with Gasteiger partial charge in [0, 0.05) is 16.5 Å². The third kappa shape index (κ3) is 4.43. The third-order valence-corrected chi connectivity index (χ3v) is 7.74. The number of fused-ring (bicyclic) bond motifs is 1. The molecule has 0 aliphatic rings. The number of halogens is 1. The molecule has 5 aromatic rings. The van der Waals surface area contributed by atoms with Crippen LogP contribution >= 0.6 is 34.4 Å². The van der Waals surface area contributed by atoms with E-state index < -0.39 is 0 Å². The summed E-state index contributed by atoms with van der Waals surface area (Å²) in [6.45, 7) is 0. The van der Waals surface area contributed by atoms with E-state index in [4.69, 9.17) is 0 Å². The molecular weight excluding hydrogens is 461 g/mol. The number of rotatable bonds is 6. The van der Waals surface area contributed by atoms with E-state index in [2.05, 4.69) is 15.3 Å². The second-order valence-electron chi connectivity index (χ2n) is 6.85. The first-order chi connectivity index (χ1) is 15.7. The van der Waals surface area contributed by atoms with Crippen molar-refractivity contribution in [1.29, 1.82) is 0 Å². The molecule has 8 heteroatoms. The number of carbonyl (C=O) groups is 1. The molecule has 2 aromatic heterocycles. The standard InChI is InChI=1S/C24H16FN3OS3/c25-17-9-3-1-7-15(17)23-27-20(13-30-23)16-8-2-4-10-18(16)26-22(29)14-31-24-28-19-11-5-6-12-21(19)32-24/h1-13H,14H2,(H,26,29). The summed E-state index contributed by atoms with van der Waals surface area (Å²) in [6, 6.07) is 22.0. The Bertz CT molecular complexity index is 1380. The van der Waals surface area contributed by atoms with E-state index in [1.54, 1.807) is 29.5 Å². The van der Waals surface area contributed by atoms with Crippen molar-refractivity contribution in [3.05, 3.63) is 84.0 Å². The average molecular weight is 478 g/mol. The second-order valence-corrected chi connectivity index (χ2v) is 9.96. The van der Waals surface area contributed by atoms with Crippen molar-refractivity contribution < 1.29 is 9.18 Å². The number of para-hydroxylation sites is 2. The maximum atomic E-state index is 14.1. The van der Waals surface area contributed by atoms with E-state index in [9.17, 15) is 9.18 Å². The lowest BCUT2D eigenvalue weighted by Gasteiger charge is -2.09. The third-order valence-electron chi connectivity index (χ3n) is 4.69. The van der Waals surface area contributed by atoms with Gasteiger partial charge in [0.1, 0.15) is 10.8 Å². The van der Waals surface area contributed by atoms with Gasteiger partial charge >= 0.3 is 0 Å². The number of nitrogens with zero attached hydrogens (tertiary/aromatic N) is 2. The molecular formula is C24H16FN3OS3. The highest BCUT2D eigenvalue weighted by molar-refractivity contribution is 8.01. The molecule has 1 amide bonds. The van der Waals surface area contributed by atoms with Crippen LogP contribution in [0.25, 0.3) is 32.0 Å². The first-order valence-corrected chi connectivity index (χ1v) is 12.4. The number of nitrogens with one attached hydrogen (secondary N) is 1. The summed E-state index contributed by atoms with van der Waals surface area (Å²) in [7, 11) is 0. The molecule has 0 atom stereocenters. The zero-order chi connectivity index (χ0) is 21.9. The Labute approximate surface area is 196 Å². The highest BCUT2D eigenvalue weighted by Crippen LogP contribution is 2.34. The number of anilines is 1. The largest absolute Gasteiger partial charge is 0.325 e. The summed E-state index contributed by atoms with van der Waals surface area (Å²) in [5.41, 5.74) is 3.58. The molecule has 0 fully saturated rings. The van der Waals surface area contributed by atoms with Crippen molar-refractivity contribution >= 4 is 56.2 Å². The zero-order valence-electron chi connectivity index (χ0n) is 16.6. The fourth-order valence-corrected chi connectivity index (χ4v) is 5.91. The van der Waals surface area contributed by atoms with Crippen molar-refractivity contribution in [2.24, 2.45) is 0 Å². The van der Waals surface area contributed by atoms with Gasteiger partial charge in [0.2, 0.25) is 5.91 Å². The lowest BCUT2D eigenvalue weighted by Crippen LogP contribution is -2.14. The molecule has 0 radical (unpaired) electrons. The van der Waals surface area contributed by atoms with Gasteiger partial charge in [-0.15, -0.1) is 22.7 Å². The van der Waals surface area contributed by atoms with Crippen LogP contribution in [-0.4, -0.2) is 21.6 Å². The van der Waals surface area contributed by atoms with E-state index >= 15 is 0 Å². The van der Waals surface area contributed by atoms with Gasteiger partial charge in [-0.25, -0.2) is 14.4 Å². The van der Waals surface area contributed by atoms with Crippen LogP contribution in [0, 0.1) is 5.82 Å². The van der Waals surface area contributed by atoms with Crippen molar-refractivity contribution in [3.8, 4) is 21.8 Å². The van der Waals surface area contributed by atoms with Gasteiger partial charge in [-0.1, -0.05) is 54.2 Å². The molecule has 4 nitrogen and oxygen atoms in total. The van der Waals surface area contributed by atoms with Crippen molar-refractivity contribution in [2.75, 3.05) is 11.1 Å². The van der Waals surface area contributed by atoms with Crippen molar-refractivity contribution in [2.45, 2.75) is 4.34 Å². The van der Waals surface area contributed by atoms with Crippen molar-refractivity contribution in [3.63, 3.8) is 0 Å². The highest BCUT2D eigenvalue weighted by Gasteiger charge is 2.14. The Morgan fingerprint density at radius 3 is 2.53 bits per heavy atom. The summed E-state index contributed by atoms with van der Waals surface area (Å²) >= 11 is 4.37. The van der Waals surface area contributed by atoms with Crippen LogP contribution in [0.15, 0.2) is 82.5 Å². The number of hydrogen-bond acceptors (Lipinski definition) is 6. The van der Waals surface area contributed by atoms with Crippen molar-refractivity contribution in [1.82, 2.24) is 9.97 Å². The van der Waals surface area contributed by atoms with E-state index in [-0.39, 0.29) is 17.5 Å². The van der Waals surface area contributed by atoms with E-state index in [0.29, 0.717) is 22.0 Å². The van der Waals surface area contributed by atoms with Gasteiger partial charge < -0.3 is 5.32 Å². The fraction of sp³-hybridized carbons (Fsp3) is 0.0417. The SMILES string of the molecule is O=C(CSc1nc2ccccc2s1)Nc1ccccc1-c1csc(-c2ccccc2F)n1. The molecule has 0 bridgehead atoms. The summed E-state index contributed by atoms with van der Waals surface area (Å²) < 4.78 is 16.1. The highest BCUT2D eigenvalue weighted by atomic mass is 32.2. The Morgan fingerprint density at radius 1 is 0.938 bits per heavy atom. The van der Waals surface area contributed by atoms with Gasteiger partial charge in [0.25, 0.3) is 0 Å². The normalized spacial score (nSPS) is 11.0. The van der Waals surface area contributed by atoms with Crippen LogP contribution in [0.5, 0.6) is 0 Å². The predicted molar refractivity (Wildman–Crippen MR) is 132 cm³/mol. The summed E-state index contributed by atoms with van der Waals surface area (Å²) in [4.78, 5) is 21.8. The van der Waals surface area contributed by atoms with E-state index in [1.165, 1.54) is 29.2 Å². The molecule has 0 unspecified atom stereocenters. The van der Waals surface area contributed by atoms with Crippen LogP contribution in [0.2, 0.25) is 0 Å². The summed E-state index contributed by atoms with van der Waals surface area (Å²) in [6.07, 6.45) is 0. The molecule has 1 N–H and O–H groups in total. The summed E-state index contributed by atoms with van der Waals surface area (Å²) in [5.74, 6) is -0.167. The van der Waals surface area contributed by atoms with Crippen LogP contribution < -0.4 is 5.32 Å². The van der Waals surface area contributed by atoms with Crippen LogP contribution in [-0.2, 0) is 4.79 Å². The topological polar surface area (TPSA) is 54.9 Å². The Morgan fingerprint density at radius 2 is 1.69 bits per heavy atom. The molecule has 5 rings (SSSR count). The number of thioether (sulfide) groups is 1. The Kier molecular flexibility index (Phi) is 5.98. The monoisotopic (exact) mass is 477 g/mol. The zero-order valence-corrected chi connectivity index (χ0v) is 19.1. The minimum atomic E-state index is -0.304. The smallest absolute Gasteiger partial charge is 0.234 e. The van der Waals surface area contributed by atoms with Gasteiger partial charge in [-0.2, -0.15) is 0 Å². The number of benzene rings is 3. The molecule has 0 aliphatic heterocycles. The first-order valence-electron chi connectivity index (χ1n) is 9.75. The minimum absolute atomic E-state index is 0.119. The Balaban J connectivity index is 1.31. The fourth-order valence-electron chi connectivity index (χ4n) is 3.20. The number of carbonyl (C=O) groups excluding carboxylic acids is 1. The molecule has 0 saturated heterocycles. The second kappa shape index (κ2) is 9.20. The lowest BCUT2D eigenvalue weighted by atomic mass is 10.1. The van der Waals surface area contributed by atoms with Gasteiger partial charge in [0.05, 0.1) is 27.4 Å². The van der Waals surface area contributed by atoms with Crippen LogP contribution in [0.1, 0.15) is 0 Å². The predicted octanol–water partition coefficient (Wildman–Crippen LogP) is 6.96. The Hall–Kier alpha value is -3.07. The van der Waals surface area contributed by atoms with Crippen LogP contribution in [0.3, 0.4) is 0 Å². The molecule has 0 saturated carbocycles. The van der Waals surface area contributed by atoms with Gasteiger partial charge in [-0.05, 0) is 30.3 Å². The number of hydrogen-bond donors (Lipinski definition) is 1. The molecule has 158 valence electrons. The summed E-state index contributed by atoms with van der Waals surface area (Å²) in [5, 5.41) is 5.46. The molecule has 2 heterocycles. The molecule has 0 spiro atoms. The van der Waals surface area contributed by atoms with E-state index in [1.807, 2.05) is 53.9 Å². The quantitative estimate of drug-likeness (QED) is 0.269. The van der Waals surface area contributed by atoms with Gasteiger partial charge in [-0.3, -0.25) is 4.79 Å². The maximum absolute atomic E-state index is 14.1. The average Bonchev–Trinajstić information content (AvgIpc) is 3.45. The minimum Gasteiger partial charge on any atom is -0.325 e. The first kappa shape index (κ1) is 20.8. The van der Waals surface area contributed by atoms with Gasteiger partial charge in [0.15, 0.2) is 4.34 Å². The number of aromatic nitrogens is 2. The van der Waals surface area contributed by atoms with Crippen LogP contribution in [0.4, 0.5) is 10.1 Å². The molecule has 0 aliphatic carbocycles.